The molecule has 17 heavy (non-hydrogen) atoms. The van der Waals surface area contributed by atoms with Gasteiger partial charge in [0.15, 0.2) is 0 Å². The molecule has 1 saturated heterocycles. The van der Waals surface area contributed by atoms with Crippen LogP contribution in [0.5, 0.6) is 0 Å². The Morgan fingerprint density at radius 1 is 1.47 bits per heavy atom. The molecule has 0 radical (unpaired) electrons. The normalized spacial score (nSPS) is 20.2. The summed E-state index contributed by atoms with van der Waals surface area (Å²) in [6.45, 7) is 6.03. The standard InChI is InChI=1S/C12H22FNO3/c1-12(2,3)17-11(16)14-6-4-9(5-7-14)10(13)8-15/h9-10,15H,4-8H2,1-3H3/t10-/m1/s1. The Kier molecular flexibility index (Phi) is 4.74. The average molecular weight is 247 g/mol. The lowest BCUT2D eigenvalue weighted by Crippen LogP contribution is -2.43. The third kappa shape index (κ3) is 4.50. The molecule has 0 aliphatic carbocycles. The maximum Gasteiger partial charge on any atom is 0.410 e. The van der Waals surface area contributed by atoms with E-state index in [1.54, 1.807) is 4.90 Å². The second kappa shape index (κ2) is 5.67. The molecular formula is C12H22FNO3. The second-order valence-corrected chi connectivity index (χ2v) is 5.50. The summed E-state index contributed by atoms with van der Waals surface area (Å²) in [5, 5.41) is 8.73. The minimum absolute atomic E-state index is 0.140. The molecule has 1 rings (SSSR count). The smallest absolute Gasteiger partial charge is 0.410 e. The van der Waals surface area contributed by atoms with Crippen LogP contribution in [0, 0.1) is 5.92 Å². The number of halogens is 1. The van der Waals surface area contributed by atoms with E-state index in [1.807, 2.05) is 20.8 Å². The largest absolute Gasteiger partial charge is 0.444 e. The van der Waals surface area contributed by atoms with Gasteiger partial charge in [-0.15, -0.1) is 0 Å². The maximum atomic E-state index is 13.2. The third-order valence-corrected chi connectivity index (χ3v) is 2.88. The van der Waals surface area contributed by atoms with E-state index in [0.717, 1.165) is 0 Å². The van der Waals surface area contributed by atoms with E-state index in [4.69, 9.17) is 9.84 Å². The Bertz CT molecular complexity index is 257. The summed E-state index contributed by atoms with van der Waals surface area (Å²) in [5.74, 6) is -0.140. The first-order valence-corrected chi connectivity index (χ1v) is 6.06. The lowest BCUT2D eigenvalue weighted by atomic mass is 9.93. The van der Waals surface area contributed by atoms with Gasteiger partial charge in [-0.25, -0.2) is 9.18 Å². The van der Waals surface area contributed by atoms with Crippen molar-refractivity contribution in [3.05, 3.63) is 0 Å². The number of aliphatic hydroxyl groups excluding tert-OH is 1. The van der Waals surface area contributed by atoms with Crippen LogP contribution in [0.1, 0.15) is 33.6 Å². The van der Waals surface area contributed by atoms with Crippen molar-refractivity contribution in [1.82, 2.24) is 4.90 Å². The van der Waals surface area contributed by atoms with Crippen LogP contribution >= 0.6 is 0 Å². The fourth-order valence-corrected chi connectivity index (χ4v) is 1.92. The summed E-state index contributed by atoms with van der Waals surface area (Å²) in [6, 6.07) is 0. The number of hydrogen-bond acceptors (Lipinski definition) is 3. The van der Waals surface area contributed by atoms with Crippen LogP contribution in [0.25, 0.3) is 0 Å². The van der Waals surface area contributed by atoms with Crippen molar-refractivity contribution in [3.8, 4) is 0 Å². The molecule has 1 heterocycles. The van der Waals surface area contributed by atoms with E-state index in [1.165, 1.54) is 0 Å². The molecule has 1 aliphatic heterocycles. The first-order chi connectivity index (χ1) is 7.83. The van der Waals surface area contributed by atoms with Crippen LogP contribution in [0.4, 0.5) is 9.18 Å². The quantitative estimate of drug-likeness (QED) is 0.811. The number of likely N-dealkylation sites (tertiary alicyclic amines) is 1. The fraction of sp³-hybridized carbons (Fsp3) is 0.917. The van der Waals surface area contributed by atoms with Gasteiger partial charge in [0, 0.05) is 13.1 Å². The molecule has 5 heteroatoms. The first kappa shape index (κ1) is 14.2. The molecule has 0 saturated carbocycles. The highest BCUT2D eigenvalue weighted by atomic mass is 19.1. The molecule has 0 unspecified atom stereocenters. The minimum atomic E-state index is -1.17. The van der Waals surface area contributed by atoms with Gasteiger partial charge in [0.2, 0.25) is 0 Å². The Morgan fingerprint density at radius 3 is 2.41 bits per heavy atom. The Labute approximate surface area is 102 Å². The van der Waals surface area contributed by atoms with Crippen LogP contribution < -0.4 is 0 Å². The number of piperidine rings is 1. The molecule has 1 atom stereocenters. The number of alkyl halides is 1. The number of rotatable bonds is 2. The zero-order chi connectivity index (χ0) is 13.1. The van der Waals surface area contributed by atoms with Crippen molar-refractivity contribution in [3.63, 3.8) is 0 Å². The predicted octanol–water partition coefficient (Wildman–Crippen LogP) is 1.96. The molecule has 0 bridgehead atoms. The van der Waals surface area contributed by atoms with Gasteiger partial charge in [-0.1, -0.05) is 0 Å². The van der Waals surface area contributed by atoms with E-state index in [0.29, 0.717) is 25.9 Å². The van der Waals surface area contributed by atoms with Gasteiger partial charge in [-0.3, -0.25) is 0 Å². The topological polar surface area (TPSA) is 49.8 Å². The lowest BCUT2D eigenvalue weighted by molar-refractivity contribution is 0.0116. The zero-order valence-electron chi connectivity index (χ0n) is 10.8. The van der Waals surface area contributed by atoms with Crippen molar-refractivity contribution in [2.24, 2.45) is 5.92 Å². The number of ether oxygens (including phenoxy) is 1. The molecule has 100 valence electrons. The van der Waals surface area contributed by atoms with Gasteiger partial charge in [-0.05, 0) is 39.5 Å². The molecule has 0 aromatic heterocycles. The SMILES string of the molecule is CC(C)(C)OC(=O)N1CCC([C@H](F)CO)CC1. The van der Waals surface area contributed by atoms with Gasteiger partial charge < -0.3 is 14.7 Å². The summed E-state index contributed by atoms with van der Waals surface area (Å²) < 4.78 is 18.5. The molecule has 1 N–H and O–H groups in total. The molecule has 1 aliphatic rings. The van der Waals surface area contributed by atoms with Gasteiger partial charge in [0.1, 0.15) is 11.8 Å². The molecule has 0 aromatic carbocycles. The minimum Gasteiger partial charge on any atom is -0.444 e. The van der Waals surface area contributed by atoms with Gasteiger partial charge in [0.05, 0.1) is 6.61 Å². The molecule has 0 aromatic rings. The van der Waals surface area contributed by atoms with E-state index in [-0.39, 0.29) is 12.0 Å². The Hall–Kier alpha value is -0.840. The number of carbonyl (C=O) groups excluding carboxylic acids is 1. The van der Waals surface area contributed by atoms with E-state index in [9.17, 15) is 9.18 Å². The number of carbonyl (C=O) groups is 1. The van der Waals surface area contributed by atoms with Crippen molar-refractivity contribution in [1.29, 1.82) is 0 Å². The monoisotopic (exact) mass is 247 g/mol. The van der Waals surface area contributed by atoms with Crippen LogP contribution in [0.2, 0.25) is 0 Å². The zero-order valence-corrected chi connectivity index (χ0v) is 10.8. The summed E-state index contributed by atoms with van der Waals surface area (Å²) in [4.78, 5) is 13.3. The summed E-state index contributed by atoms with van der Waals surface area (Å²) in [5.41, 5.74) is -0.498. The number of nitrogens with zero attached hydrogens (tertiary/aromatic N) is 1. The van der Waals surface area contributed by atoms with Crippen molar-refractivity contribution in [2.75, 3.05) is 19.7 Å². The summed E-state index contributed by atoms with van der Waals surface area (Å²) in [6.07, 6.45) is -0.340. The molecule has 1 amide bonds. The summed E-state index contributed by atoms with van der Waals surface area (Å²) >= 11 is 0. The third-order valence-electron chi connectivity index (χ3n) is 2.88. The number of hydrogen-bond donors (Lipinski definition) is 1. The van der Waals surface area contributed by atoms with Crippen LogP contribution in [-0.2, 0) is 4.74 Å². The van der Waals surface area contributed by atoms with Crippen molar-refractivity contribution < 1.29 is 19.0 Å². The molecule has 4 nitrogen and oxygen atoms in total. The summed E-state index contributed by atoms with van der Waals surface area (Å²) in [7, 11) is 0. The maximum absolute atomic E-state index is 13.2. The van der Waals surface area contributed by atoms with E-state index in [2.05, 4.69) is 0 Å². The predicted molar refractivity (Wildman–Crippen MR) is 62.5 cm³/mol. The van der Waals surface area contributed by atoms with Gasteiger partial charge in [0.25, 0.3) is 0 Å². The highest BCUT2D eigenvalue weighted by Gasteiger charge is 2.30. The Balaban J connectivity index is 2.39. The number of aliphatic hydroxyl groups is 1. The van der Waals surface area contributed by atoms with Crippen LogP contribution in [-0.4, -0.2) is 47.6 Å². The second-order valence-electron chi connectivity index (χ2n) is 5.50. The van der Waals surface area contributed by atoms with Crippen LogP contribution in [0.3, 0.4) is 0 Å². The lowest BCUT2D eigenvalue weighted by Gasteiger charge is -2.34. The van der Waals surface area contributed by atoms with Crippen molar-refractivity contribution in [2.45, 2.75) is 45.4 Å². The highest BCUT2D eigenvalue weighted by molar-refractivity contribution is 5.68. The average Bonchev–Trinajstić information content (AvgIpc) is 2.26. The van der Waals surface area contributed by atoms with Crippen LogP contribution in [0.15, 0.2) is 0 Å². The number of amides is 1. The van der Waals surface area contributed by atoms with Gasteiger partial charge >= 0.3 is 6.09 Å². The molecule has 1 fully saturated rings. The molecular weight excluding hydrogens is 225 g/mol. The van der Waals surface area contributed by atoms with Crippen molar-refractivity contribution >= 4 is 6.09 Å². The highest BCUT2D eigenvalue weighted by Crippen LogP contribution is 2.23. The fourth-order valence-electron chi connectivity index (χ4n) is 1.92. The van der Waals surface area contributed by atoms with E-state index >= 15 is 0 Å². The Morgan fingerprint density at radius 2 is 2.00 bits per heavy atom. The first-order valence-electron chi connectivity index (χ1n) is 6.06. The molecule has 0 spiro atoms. The van der Waals surface area contributed by atoms with E-state index < -0.39 is 18.4 Å². The van der Waals surface area contributed by atoms with Gasteiger partial charge in [-0.2, -0.15) is 0 Å².